The SMILES string of the molecule is O=C(O)c1cn(C2CCN(C(=O)CC3CCC=CCC3)C2)nn1. The zero-order valence-corrected chi connectivity index (χ0v) is 13.1. The molecule has 0 saturated carbocycles. The number of allylic oxidation sites excluding steroid dienone is 2. The Bertz CT molecular complexity index is 600. The molecule has 124 valence electrons. The van der Waals surface area contributed by atoms with Crippen molar-refractivity contribution in [1.82, 2.24) is 19.9 Å². The highest BCUT2D eigenvalue weighted by molar-refractivity contribution is 5.84. The largest absolute Gasteiger partial charge is 0.476 e. The molecule has 1 unspecified atom stereocenters. The van der Waals surface area contributed by atoms with Crippen LogP contribution in [0.4, 0.5) is 0 Å². The molecule has 1 saturated heterocycles. The molecule has 1 atom stereocenters. The van der Waals surface area contributed by atoms with Crippen molar-refractivity contribution >= 4 is 11.9 Å². The number of carboxylic acid groups (broad SMARTS) is 1. The molecular formula is C16H22N4O3. The minimum atomic E-state index is -1.08. The van der Waals surface area contributed by atoms with E-state index in [-0.39, 0.29) is 17.6 Å². The fraction of sp³-hybridized carbons (Fsp3) is 0.625. The van der Waals surface area contributed by atoms with Gasteiger partial charge in [-0.15, -0.1) is 5.10 Å². The van der Waals surface area contributed by atoms with Crippen molar-refractivity contribution in [3.63, 3.8) is 0 Å². The molecule has 0 bridgehead atoms. The van der Waals surface area contributed by atoms with Crippen LogP contribution in [-0.2, 0) is 4.79 Å². The molecule has 1 aromatic rings. The number of carbonyl (C=O) groups is 2. The van der Waals surface area contributed by atoms with Crippen LogP contribution in [0.2, 0.25) is 0 Å². The molecule has 7 nitrogen and oxygen atoms in total. The Morgan fingerprint density at radius 3 is 2.61 bits per heavy atom. The van der Waals surface area contributed by atoms with Crippen LogP contribution in [0.15, 0.2) is 18.3 Å². The number of rotatable bonds is 4. The third-order valence-electron chi connectivity index (χ3n) is 4.73. The summed E-state index contributed by atoms with van der Waals surface area (Å²) in [4.78, 5) is 25.2. The van der Waals surface area contributed by atoms with Crippen LogP contribution in [0.25, 0.3) is 0 Å². The third-order valence-corrected chi connectivity index (χ3v) is 4.73. The molecule has 1 fully saturated rings. The lowest BCUT2D eigenvalue weighted by atomic mass is 9.96. The lowest BCUT2D eigenvalue weighted by Crippen LogP contribution is -2.30. The Morgan fingerprint density at radius 2 is 1.96 bits per heavy atom. The number of hydrogen-bond donors (Lipinski definition) is 1. The second kappa shape index (κ2) is 6.93. The van der Waals surface area contributed by atoms with Gasteiger partial charge in [0, 0.05) is 19.5 Å². The van der Waals surface area contributed by atoms with Gasteiger partial charge in [0.1, 0.15) is 0 Å². The molecule has 0 aromatic carbocycles. The van der Waals surface area contributed by atoms with Crippen LogP contribution in [0.5, 0.6) is 0 Å². The number of aromatic nitrogens is 3. The predicted molar refractivity (Wildman–Crippen MR) is 82.9 cm³/mol. The molecule has 1 aromatic heterocycles. The maximum Gasteiger partial charge on any atom is 0.358 e. The van der Waals surface area contributed by atoms with Crippen LogP contribution >= 0.6 is 0 Å². The number of nitrogens with zero attached hydrogens (tertiary/aromatic N) is 4. The highest BCUT2D eigenvalue weighted by Gasteiger charge is 2.29. The third kappa shape index (κ3) is 3.78. The van der Waals surface area contributed by atoms with Crippen LogP contribution in [-0.4, -0.2) is 50.0 Å². The van der Waals surface area contributed by atoms with Crippen molar-refractivity contribution in [2.75, 3.05) is 13.1 Å². The average Bonchev–Trinajstić information content (AvgIpc) is 3.13. The van der Waals surface area contributed by atoms with E-state index < -0.39 is 5.97 Å². The summed E-state index contributed by atoms with van der Waals surface area (Å²) in [5.41, 5.74) is -0.0549. The summed E-state index contributed by atoms with van der Waals surface area (Å²) >= 11 is 0. The van der Waals surface area contributed by atoms with Crippen molar-refractivity contribution in [2.24, 2.45) is 5.92 Å². The first-order chi connectivity index (χ1) is 11.1. The number of hydrogen-bond acceptors (Lipinski definition) is 4. The quantitative estimate of drug-likeness (QED) is 0.856. The minimum absolute atomic E-state index is 0.0235. The topological polar surface area (TPSA) is 88.3 Å². The molecule has 1 aliphatic carbocycles. The average molecular weight is 318 g/mol. The summed E-state index contributed by atoms with van der Waals surface area (Å²) < 4.78 is 1.58. The van der Waals surface area contributed by atoms with Crippen LogP contribution < -0.4 is 0 Å². The number of amides is 1. The van der Waals surface area contributed by atoms with Crippen LogP contribution in [0.1, 0.15) is 55.1 Å². The smallest absolute Gasteiger partial charge is 0.358 e. The Labute approximate surface area is 135 Å². The molecule has 2 heterocycles. The van der Waals surface area contributed by atoms with E-state index in [9.17, 15) is 9.59 Å². The Balaban J connectivity index is 1.54. The lowest BCUT2D eigenvalue weighted by molar-refractivity contribution is -0.131. The first-order valence-electron chi connectivity index (χ1n) is 8.21. The normalized spacial score (nSPS) is 22.3. The van der Waals surface area contributed by atoms with Crippen molar-refractivity contribution in [3.05, 3.63) is 24.0 Å². The monoisotopic (exact) mass is 318 g/mol. The first kappa shape index (κ1) is 15.7. The van der Waals surface area contributed by atoms with Gasteiger partial charge in [-0.3, -0.25) is 4.79 Å². The molecule has 1 N–H and O–H groups in total. The van der Waals surface area contributed by atoms with Crippen molar-refractivity contribution < 1.29 is 14.7 Å². The van der Waals surface area contributed by atoms with Gasteiger partial charge in [-0.05, 0) is 38.0 Å². The molecule has 1 aliphatic heterocycles. The second-order valence-electron chi connectivity index (χ2n) is 6.37. The molecule has 0 radical (unpaired) electrons. The summed E-state index contributed by atoms with van der Waals surface area (Å²) in [5, 5.41) is 16.4. The van der Waals surface area contributed by atoms with Gasteiger partial charge in [-0.1, -0.05) is 17.4 Å². The minimum Gasteiger partial charge on any atom is -0.476 e. The van der Waals surface area contributed by atoms with Crippen molar-refractivity contribution in [1.29, 1.82) is 0 Å². The summed E-state index contributed by atoms with van der Waals surface area (Å²) in [6.45, 7) is 1.29. The highest BCUT2D eigenvalue weighted by atomic mass is 16.4. The van der Waals surface area contributed by atoms with E-state index in [1.165, 1.54) is 6.20 Å². The van der Waals surface area contributed by atoms with Gasteiger partial charge in [0.15, 0.2) is 5.69 Å². The van der Waals surface area contributed by atoms with E-state index in [2.05, 4.69) is 22.5 Å². The Kier molecular flexibility index (Phi) is 4.73. The summed E-state index contributed by atoms with van der Waals surface area (Å²) in [5.74, 6) is -0.399. The van der Waals surface area contributed by atoms with Gasteiger partial charge in [-0.25, -0.2) is 9.48 Å². The molecule has 7 heteroatoms. The van der Waals surface area contributed by atoms with E-state index >= 15 is 0 Å². The van der Waals surface area contributed by atoms with Gasteiger partial charge in [0.25, 0.3) is 0 Å². The summed E-state index contributed by atoms with van der Waals surface area (Å²) in [7, 11) is 0. The molecule has 23 heavy (non-hydrogen) atoms. The maximum atomic E-state index is 12.5. The Morgan fingerprint density at radius 1 is 1.22 bits per heavy atom. The van der Waals surface area contributed by atoms with Gasteiger partial charge in [-0.2, -0.15) is 0 Å². The lowest BCUT2D eigenvalue weighted by Gasteiger charge is -2.20. The predicted octanol–water partition coefficient (Wildman–Crippen LogP) is 1.89. The van der Waals surface area contributed by atoms with E-state index in [0.29, 0.717) is 25.4 Å². The fourth-order valence-corrected chi connectivity index (χ4v) is 3.36. The molecule has 1 amide bonds. The number of aromatic carboxylic acids is 1. The molecule has 2 aliphatic rings. The first-order valence-corrected chi connectivity index (χ1v) is 8.21. The van der Waals surface area contributed by atoms with Crippen molar-refractivity contribution in [3.8, 4) is 0 Å². The molecular weight excluding hydrogens is 296 g/mol. The van der Waals surface area contributed by atoms with Gasteiger partial charge >= 0.3 is 5.97 Å². The van der Waals surface area contributed by atoms with E-state index in [0.717, 1.165) is 32.1 Å². The zero-order chi connectivity index (χ0) is 16.2. The molecule has 0 spiro atoms. The highest BCUT2D eigenvalue weighted by Crippen LogP contribution is 2.26. The van der Waals surface area contributed by atoms with Gasteiger partial charge < -0.3 is 10.0 Å². The number of likely N-dealkylation sites (tertiary alicyclic amines) is 1. The van der Waals surface area contributed by atoms with Gasteiger partial charge in [0.2, 0.25) is 5.91 Å². The molecule has 3 rings (SSSR count). The van der Waals surface area contributed by atoms with E-state index in [4.69, 9.17) is 5.11 Å². The van der Waals surface area contributed by atoms with Gasteiger partial charge in [0.05, 0.1) is 12.2 Å². The number of carbonyl (C=O) groups excluding carboxylic acids is 1. The summed E-state index contributed by atoms with van der Waals surface area (Å²) in [6.07, 6.45) is 11.6. The fourth-order valence-electron chi connectivity index (χ4n) is 3.36. The van der Waals surface area contributed by atoms with E-state index in [1.807, 2.05) is 4.90 Å². The zero-order valence-electron chi connectivity index (χ0n) is 13.1. The standard InChI is InChI=1S/C16H22N4O3/c21-15(9-12-5-3-1-2-4-6-12)19-8-7-13(10-19)20-11-14(16(22)23)17-18-20/h1-2,11-13H,3-10H2,(H,22,23). The van der Waals surface area contributed by atoms with Crippen LogP contribution in [0, 0.1) is 5.92 Å². The van der Waals surface area contributed by atoms with E-state index in [1.54, 1.807) is 4.68 Å². The Hall–Kier alpha value is -2.18. The van der Waals surface area contributed by atoms with Crippen molar-refractivity contribution in [2.45, 2.75) is 44.6 Å². The van der Waals surface area contributed by atoms with Crippen LogP contribution in [0.3, 0.4) is 0 Å². The summed E-state index contributed by atoms with van der Waals surface area (Å²) in [6, 6.07) is 0.0235. The second-order valence-corrected chi connectivity index (χ2v) is 6.37. The maximum absolute atomic E-state index is 12.5. The number of carboxylic acids is 1.